The van der Waals surface area contributed by atoms with Crippen molar-refractivity contribution in [1.82, 2.24) is 15.2 Å². The molecule has 9 nitrogen and oxygen atoms in total. The molecule has 14 heteroatoms. The van der Waals surface area contributed by atoms with Crippen LogP contribution in [-0.4, -0.2) is 57.1 Å². The number of hydrogen-bond donors (Lipinski definition) is 1. The summed E-state index contributed by atoms with van der Waals surface area (Å²) in [6.45, 7) is -0.459. The number of nitrogens with zero attached hydrogens (tertiary/aromatic N) is 2. The van der Waals surface area contributed by atoms with E-state index in [1.807, 2.05) is 0 Å². The maximum Gasteiger partial charge on any atom is 0.242 e. The van der Waals surface area contributed by atoms with Crippen molar-refractivity contribution in [3.8, 4) is 5.75 Å². The van der Waals surface area contributed by atoms with E-state index in [0.717, 1.165) is 18.5 Å². The van der Waals surface area contributed by atoms with Crippen LogP contribution in [0.15, 0.2) is 52.8 Å². The van der Waals surface area contributed by atoms with Crippen LogP contribution in [0.5, 0.6) is 5.75 Å². The Kier molecular flexibility index (Phi) is 6.30. The summed E-state index contributed by atoms with van der Waals surface area (Å²) in [7, 11) is -8.28. The van der Waals surface area contributed by atoms with Gasteiger partial charge in [0, 0.05) is 17.5 Å². The normalized spacial score (nSPS) is 24.0. The van der Waals surface area contributed by atoms with Gasteiger partial charge in [-0.25, -0.2) is 30.6 Å². The van der Waals surface area contributed by atoms with Crippen LogP contribution in [-0.2, 0) is 29.2 Å². The van der Waals surface area contributed by atoms with E-state index in [2.05, 4.69) is 15.2 Å². The van der Waals surface area contributed by atoms with Crippen molar-refractivity contribution in [2.75, 3.05) is 19.0 Å². The van der Waals surface area contributed by atoms with Crippen LogP contribution >= 0.6 is 11.6 Å². The van der Waals surface area contributed by atoms with E-state index in [-0.39, 0.29) is 36.1 Å². The maximum atomic E-state index is 15.4. The number of aromatic amines is 1. The number of H-pyrrole nitrogens is 1. The Morgan fingerprint density at radius 2 is 1.81 bits per heavy atom. The number of nitrogens with one attached hydrogen (secondary N) is 1. The van der Waals surface area contributed by atoms with Crippen LogP contribution in [0.25, 0.3) is 0 Å². The third-order valence-corrected chi connectivity index (χ3v) is 11.1. The van der Waals surface area contributed by atoms with E-state index < -0.39 is 65.1 Å². The molecule has 2 aliphatic rings. The highest BCUT2D eigenvalue weighted by Crippen LogP contribution is 2.56. The lowest BCUT2D eigenvalue weighted by Gasteiger charge is -2.50. The molecule has 1 aromatic heterocycles. The number of sulfone groups is 2. The number of benzene rings is 2. The fraction of sp³-hybridized carbons (Fsp3) is 0.364. The fourth-order valence-corrected chi connectivity index (χ4v) is 8.65. The lowest BCUT2D eigenvalue weighted by molar-refractivity contribution is -0.0732. The minimum absolute atomic E-state index is 0.133. The molecule has 1 N–H and O–H groups in total. The SMILES string of the molecule is O=S(=O)(CC[C@@H]1OCC[C@@]2(S(=O)(=O)c3ccc(Cl)cc3)c3c(F)ccc(F)c3OC[C@@H]12)c1ncn[nH]1. The average molecular weight is 560 g/mol. The van der Waals surface area contributed by atoms with Gasteiger partial charge in [-0.3, -0.25) is 5.10 Å². The Balaban J connectivity index is 1.63. The molecule has 0 unspecified atom stereocenters. The lowest BCUT2D eigenvalue weighted by Crippen LogP contribution is -2.57. The molecule has 3 atom stereocenters. The second kappa shape index (κ2) is 9.05. The number of fused-ring (bicyclic) bond motifs is 3. The molecule has 5 rings (SSSR count). The molecule has 0 bridgehead atoms. The van der Waals surface area contributed by atoms with Gasteiger partial charge < -0.3 is 9.47 Å². The molecule has 192 valence electrons. The number of hydrogen-bond acceptors (Lipinski definition) is 8. The van der Waals surface area contributed by atoms with Gasteiger partial charge in [-0.15, -0.1) is 0 Å². The molecule has 0 amide bonds. The minimum atomic E-state index is -4.39. The van der Waals surface area contributed by atoms with E-state index >= 15 is 4.39 Å². The number of aromatic nitrogens is 3. The first kappa shape index (κ1) is 25.1. The van der Waals surface area contributed by atoms with Crippen molar-refractivity contribution < 1.29 is 35.1 Å². The predicted molar refractivity (Wildman–Crippen MR) is 123 cm³/mol. The highest BCUT2D eigenvalue weighted by molar-refractivity contribution is 7.92. The zero-order valence-corrected chi connectivity index (χ0v) is 20.9. The molecule has 2 aliphatic heterocycles. The molecule has 1 saturated heterocycles. The van der Waals surface area contributed by atoms with Crippen molar-refractivity contribution in [3.05, 3.63) is 64.9 Å². The zero-order chi connectivity index (χ0) is 25.7. The van der Waals surface area contributed by atoms with Crippen molar-refractivity contribution in [2.24, 2.45) is 5.92 Å². The number of halogens is 3. The van der Waals surface area contributed by atoms with Gasteiger partial charge >= 0.3 is 0 Å². The molecular weight excluding hydrogens is 540 g/mol. The first-order valence-corrected chi connectivity index (χ1v) is 14.4. The van der Waals surface area contributed by atoms with Gasteiger partial charge in [-0.2, -0.15) is 5.10 Å². The Labute approximate surface area is 210 Å². The Bertz CT molecular complexity index is 1500. The first-order chi connectivity index (χ1) is 17.1. The number of rotatable bonds is 6. The summed E-state index contributed by atoms with van der Waals surface area (Å²) in [5.74, 6) is -3.80. The molecule has 36 heavy (non-hydrogen) atoms. The van der Waals surface area contributed by atoms with Crippen LogP contribution in [0, 0.1) is 17.6 Å². The van der Waals surface area contributed by atoms with Gasteiger partial charge in [0.2, 0.25) is 15.0 Å². The monoisotopic (exact) mass is 559 g/mol. The first-order valence-electron chi connectivity index (χ1n) is 10.9. The van der Waals surface area contributed by atoms with Crippen LogP contribution in [0.4, 0.5) is 8.78 Å². The topological polar surface area (TPSA) is 128 Å². The molecule has 0 radical (unpaired) electrons. The molecule has 0 spiro atoms. The number of ether oxygens (including phenoxy) is 2. The van der Waals surface area contributed by atoms with E-state index in [1.54, 1.807) is 0 Å². The highest BCUT2D eigenvalue weighted by atomic mass is 35.5. The molecule has 0 aliphatic carbocycles. The van der Waals surface area contributed by atoms with Crippen molar-refractivity contribution in [1.29, 1.82) is 0 Å². The quantitative estimate of drug-likeness (QED) is 0.488. The van der Waals surface area contributed by atoms with Crippen LogP contribution < -0.4 is 4.74 Å². The van der Waals surface area contributed by atoms with Crippen molar-refractivity contribution in [3.63, 3.8) is 0 Å². The highest BCUT2D eigenvalue weighted by Gasteiger charge is 2.61. The third kappa shape index (κ3) is 3.88. The largest absolute Gasteiger partial charge is 0.490 e. The lowest BCUT2D eigenvalue weighted by atomic mass is 9.75. The van der Waals surface area contributed by atoms with E-state index in [1.165, 1.54) is 24.3 Å². The summed E-state index contributed by atoms with van der Waals surface area (Å²) in [6, 6.07) is 7.12. The van der Waals surface area contributed by atoms with Crippen molar-refractivity contribution >= 4 is 31.3 Å². The maximum absolute atomic E-state index is 15.4. The second-order valence-electron chi connectivity index (χ2n) is 8.56. The standard InChI is InChI=1S/C22H20ClF2N3O6S2/c23-13-1-3-14(4-2-13)36(31,32)22-8-9-33-18(7-10-35(29,30)21-26-12-27-28-21)15(22)11-34-20-17(25)6-5-16(24)19(20)22/h1-6,12,15,18H,7-11H2,(H,26,27,28)/t15-,18-,22-/m0/s1. The molecule has 2 aromatic carbocycles. The van der Waals surface area contributed by atoms with Gasteiger partial charge in [-0.1, -0.05) is 11.6 Å². The Hall–Kier alpha value is -2.61. The second-order valence-corrected chi connectivity index (χ2v) is 13.2. The molecule has 3 heterocycles. The summed E-state index contributed by atoms with van der Waals surface area (Å²) in [5.41, 5.74) is -0.417. The average Bonchev–Trinajstić information content (AvgIpc) is 3.41. The summed E-state index contributed by atoms with van der Waals surface area (Å²) in [4.78, 5) is 3.53. The predicted octanol–water partition coefficient (Wildman–Crippen LogP) is 3.07. The van der Waals surface area contributed by atoms with E-state index in [9.17, 15) is 21.2 Å². The van der Waals surface area contributed by atoms with Crippen LogP contribution in [0.3, 0.4) is 0 Å². The minimum Gasteiger partial charge on any atom is -0.490 e. The summed E-state index contributed by atoms with van der Waals surface area (Å²) < 4.78 is 93.3. The summed E-state index contributed by atoms with van der Waals surface area (Å²) in [6.07, 6.45) is -0.239. The molecule has 3 aromatic rings. The third-order valence-electron chi connectivity index (χ3n) is 6.70. The van der Waals surface area contributed by atoms with Crippen molar-refractivity contribution in [2.45, 2.75) is 33.7 Å². The fourth-order valence-electron chi connectivity index (χ4n) is 5.05. The van der Waals surface area contributed by atoms with Crippen LogP contribution in [0.1, 0.15) is 18.4 Å². The van der Waals surface area contributed by atoms with E-state index in [0.29, 0.717) is 5.02 Å². The zero-order valence-electron chi connectivity index (χ0n) is 18.5. The Morgan fingerprint density at radius 3 is 2.50 bits per heavy atom. The van der Waals surface area contributed by atoms with Gasteiger partial charge in [-0.05, 0) is 49.2 Å². The molecule has 0 saturated carbocycles. The van der Waals surface area contributed by atoms with Gasteiger partial charge in [0.1, 0.15) is 16.9 Å². The smallest absolute Gasteiger partial charge is 0.242 e. The Morgan fingerprint density at radius 1 is 1.08 bits per heavy atom. The van der Waals surface area contributed by atoms with Gasteiger partial charge in [0.05, 0.1) is 28.9 Å². The summed E-state index contributed by atoms with van der Waals surface area (Å²) >= 11 is 5.95. The van der Waals surface area contributed by atoms with Crippen LogP contribution in [0.2, 0.25) is 5.02 Å². The summed E-state index contributed by atoms with van der Waals surface area (Å²) in [5, 5.41) is 5.80. The van der Waals surface area contributed by atoms with Gasteiger partial charge in [0.25, 0.3) is 0 Å². The van der Waals surface area contributed by atoms with Gasteiger partial charge in [0.15, 0.2) is 21.4 Å². The molecular formula is C22H20ClF2N3O6S2. The molecule has 1 fully saturated rings. The van der Waals surface area contributed by atoms with E-state index in [4.69, 9.17) is 21.1 Å².